The van der Waals surface area contributed by atoms with E-state index in [-0.39, 0.29) is 67.8 Å². The zero-order valence-corrected chi connectivity index (χ0v) is 47.3. The molecular formula is C54H86N4O18. The number of pyridine rings is 1. The Morgan fingerprint density at radius 1 is 0.895 bits per heavy atom. The number of carbonyl (C=O) groups excluding carboxylic acids is 3. The predicted octanol–water partition coefficient (Wildman–Crippen LogP) is 2.87. The molecule has 0 radical (unpaired) electrons. The van der Waals surface area contributed by atoms with Gasteiger partial charge in [0.2, 0.25) is 5.43 Å². The highest BCUT2D eigenvalue weighted by atomic mass is 16.7. The molecule has 3 aliphatic rings. The van der Waals surface area contributed by atoms with Gasteiger partial charge in [0.25, 0.3) is 0 Å². The Morgan fingerprint density at radius 2 is 1.54 bits per heavy atom. The lowest BCUT2D eigenvalue weighted by Crippen LogP contribution is -2.62. The Balaban J connectivity index is 1.38. The number of cyclic esters (lactones) is 1. The lowest BCUT2D eigenvalue weighted by atomic mass is 9.74. The Labute approximate surface area is 446 Å². The molecule has 0 amide bonds. The number of fused-ring (bicyclic) bond motifs is 1. The quantitative estimate of drug-likeness (QED) is 0.113. The molecule has 5 rings (SSSR count). The van der Waals surface area contributed by atoms with E-state index in [4.69, 9.17) is 42.6 Å². The maximum absolute atomic E-state index is 14.6. The van der Waals surface area contributed by atoms with E-state index in [9.17, 15) is 44.4 Å². The molecule has 0 bridgehead atoms. The summed E-state index contributed by atoms with van der Waals surface area (Å²) < 4.78 is 58.6. The van der Waals surface area contributed by atoms with Gasteiger partial charge in [0.1, 0.15) is 47.1 Å². The average molecular weight is 1080 g/mol. The second-order valence-electron chi connectivity index (χ2n) is 22.2. The van der Waals surface area contributed by atoms with Crippen LogP contribution < -0.4 is 20.5 Å². The van der Waals surface area contributed by atoms with Crippen molar-refractivity contribution < 1.29 is 82.2 Å². The summed E-state index contributed by atoms with van der Waals surface area (Å²) in [6, 6.07) is 4.36. The summed E-state index contributed by atoms with van der Waals surface area (Å²) in [7, 11) is 10.1. The van der Waals surface area contributed by atoms with Gasteiger partial charge in [0.15, 0.2) is 18.7 Å². The summed E-state index contributed by atoms with van der Waals surface area (Å²) in [5.41, 5.74) is -5.12. The number of aromatic carboxylic acids is 1. The summed E-state index contributed by atoms with van der Waals surface area (Å²) >= 11 is 0. The van der Waals surface area contributed by atoms with Crippen LogP contribution in [0.5, 0.6) is 5.75 Å². The van der Waals surface area contributed by atoms with Crippen molar-refractivity contribution in [3.05, 3.63) is 40.2 Å². The summed E-state index contributed by atoms with van der Waals surface area (Å²) in [5, 5.41) is 49.7. The summed E-state index contributed by atoms with van der Waals surface area (Å²) in [4.78, 5) is 68.7. The Morgan fingerprint density at radius 3 is 2.13 bits per heavy atom. The third-order valence-electron chi connectivity index (χ3n) is 15.9. The first-order valence-electron chi connectivity index (χ1n) is 26.3. The molecule has 0 aliphatic carbocycles. The molecule has 430 valence electrons. The highest BCUT2D eigenvalue weighted by Gasteiger charge is 2.55. The number of benzene rings is 1. The third kappa shape index (κ3) is 13.7. The van der Waals surface area contributed by atoms with Gasteiger partial charge in [-0.2, -0.15) is 0 Å². The average Bonchev–Trinajstić information content (AvgIpc) is 3.36. The zero-order chi connectivity index (χ0) is 56.9. The Kier molecular flexibility index (Phi) is 21.1. The minimum Gasteiger partial charge on any atom is -0.492 e. The number of nitrogens with zero attached hydrogens (tertiary/aromatic N) is 3. The van der Waals surface area contributed by atoms with E-state index >= 15 is 0 Å². The Bertz CT molecular complexity index is 2380. The smallest absolute Gasteiger partial charge is 0.341 e. The molecule has 2 aromatic rings. The van der Waals surface area contributed by atoms with Crippen molar-refractivity contribution in [3.63, 3.8) is 0 Å². The minimum absolute atomic E-state index is 0.00451. The number of likely N-dealkylation sites (N-methyl/N-ethyl adjacent to an activating group) is 1. The van der Waals surface area contributed by atoms with Crippen LogP contribution in [-0.4, -0.2) is 200 Å². The van der Waals surface area contributed by atoms with Gasteiger partial charge in [0.05, 0.1) is 54.1 Å². The van der Waals surface area contributed by atoms with Gasteiger partial charge in [-0.25, -0.2) is 4.79 Å². The maximum Gasteiger partial charge on any atom is 0.341 e. The molecule has 76 heavy (non-hydrogen) atoms. The van der Waals surface area contributed by atoms with Crippen molar-refractivity contribution in [1.29, 1.82) is 0 Å². The van der Waals surface area contributed by atoms with Gasteiger partial charge in [-0.3, -0.25) is 23.9 Å². The van der Waals surface area contributed by atoms with Gasteiger partial charge in [-0.1, -0.05) is 27.7 Å². The van der Waals surface area contributed by atoms with E-state index in [2.05, 4.69) is 5.32 Å². The maximum atomic E-state index is 14.6. The lowest BCUT2D eigenvalue weighted by Gasteiger charge is -2.50. The van der Waals surface area contributed by atoms with Crippen LogP contribution in [0.2, 0.25) is 0 Å². The van der Waals surface area contributed by atoms with Crippen molar-refractivity contribution in [3.8, 4) is 5.75 Å². The molecule has 0 saturated carbocycles. The van der Waals surface area contributed by atoms with Gasteiger partial charge in [0, 0.05) is 82.7 Å². The molecule has 0 unspecified atom stereocenters. The number of aromatic nitrogens is 1. The molecule has 0 spiro atoms. The number of carboxylic acids is 1. The molecule has 22 heteroatoms. The number of hydrogen-bond acceptors (Lipinski definition) is 20. The van der Waals surface area contributed by atoms with Crippen LogP contribution in [-0.2, 0) is 52.3 Å². The molecule has 18 atom stereocenters. The van der Waals surface area contributed by atoms with Gasteiger partial charge in [-0.05, 0) is 87.0 Å². The largest absolute Gasteiger partial charge is 0.492 e. The van der Waals surface area contributed by atoms with E-state index < -0.39 is 119 Å². The molecular weight excluding hydrogens is 993 g/mol. The Hall–Kier alpha value is -4.33. The van der Waals surface area contributed by atoms with E-state index in [1.165, 1.54) is 45.0 Å². The fourth-order valence-corrected chi connectivity index (χ4v) is 11.3. The molecule has 5 N–H and O–H groups in total. The van der Waals surface area contributed by atoms with E-state index in [1.54, 1.807) is 72.8 Å². The fraction of sp³-hybridized carbons (Fsp3) is 0.759. The van der Waals surface area contributed by atoms with Crippen molar-refractivity contribution in [2.24, 2.45) is 23.7 Å². The third-order valence-corrected chi connectivity index (χ3v) is 15.9. The van der Waals surface area contributed by atoms with Gasteiger partial charge >= 0.3 is 17.9 Å². The first-order chi connectivity index (χ1) is 35.5. The predicted molar refractivity (Wildman–Crippen MR) is 279 cm³/mol. The summed E-state index contributed by atoms with van der Waals surface area (Å²) in [6.45, 7) is 17.0. The van der Waals surface area contributed by atoms with Crippen LogP contribution >= 0.6 is 0 Å². The van der Waals surface area contributed by atoms with E-state index in [0.29, 0.717) is 17.7 Å². The van der Waals surface area contributed by atoms with Gasteiger partial charge in [-0.15, -0.1) is 0 Å². The van der Waals surface area contributed by atoms with Gasteiger partial charge < -0.3 is 78.3 Å². The first-order valence-corrected chi connectivity index (χ1v) is 26.3. The number of aliphatic hydroxyl groups is 3. The number of rotatable bonds is 17. The number of carbonyl (C=O) groups is 4. The van der Waals surface area contributed by atoms with Crippen LogP contribution in [0.4, 0.5) is 0 Å². The number of ketones is 1. The van der Waals surface area contributed by atoms with Crippen LogP contribution in [0.25, 0.3) is 10.9 Å². The zero-order valence-electron chi connectivity index (χ0n) is 47.3. The molecule has 3 fully saturated rings. The normalized spacial score (nSPS) is 37.1. The van der Waals surface area contributed by atoms with Crippen LogP contribution in [0.3, 0.4) is 0 Å². The van der Waals surface area contributed by atoms with Crippen molar-refractivity contribution in [1.82, 2.24) is 14.9 Å². The number of carboxylic acid groups (broad SMARTS) is 1. The molecule has 22 nitrogen and oxygen atoms in total. The minimum atomic E-state index is -2.04. The second-order valence-corrected chi connectivity index (χ2v) is 22.2. The number of hydrogen-bond donors (Lipinski definition) is 5. The highest BCUT2D eigenvalue weighted by Crippen LogP contribution is 2.42. The number of methoxy groups -OCH3 is 2. The number of Topliss-reactive ketones (excluding diaryl/α,β-unsaturated/α-hetero) is 1. The molecule has 1 aromatic carbocycles. The monoisotopic (exact) mass is 1080 g/mol. The summed E-state index contributed by atoms with van der Waals surface area (Å²) in [6.07, 6.45) is -8.60. The van der Waals surface area contributed by atoms with Crippen molar-refractivity contribution in [2.75, 3.05) is 67.1 Å². The van der Waals surface area contributed by atoms with Crippen molar-refractivity contribution >= 4 is 34.6 Å². The molecule has 3 saturated heterocycles. The number of esters is 2. The topological polar surface area (TPSA) is 273 Å². The molecule has 1 aromatic heterocycles. The second kappa shape index (κ2) is 25.6. The van der Waals surface area contributed by atoms with Crippen LogP contribution in [0, 0.1) is 23.7 Å². The fourth-order valence-electron chi connectivity index (χ4n) is 11.3. The highest BCUT2D eigenvalue weighted by molar-refractivity contribution is 5.93. The molecule has 4 heterocycles. The number of aliphatic hydroxyl groups excluding tert-OH is 2. The number of nitrogens with one attached hydrogen (secondary N) is 1. The standard InChI is InChI=1S/C54H86N4O18/c1-17-39-54(10,67)46(63)30(4)42(60)28(2)24-52(8,68-15)47(76-51-44(62)38(56(11)12)22-29(3)71-51)31(5)45(32(6)50(66)73-39)75-41-25-53(9,69-16)48(33(7)72-41)74-40(59)26-55-20-21-70-34-18-19-35-37(23-34)58(57(13)14)27-36(43(35)61)49(64)65/h18-19,23,27-33,38-39,41,44-48,51,55,62-63,67H,17,20-22,24-26H2,1-16H3,(H,64,65)/t28-,29-,30+,31+,32-,33+,38+,39-,41+,44-,45+,46-,47-,48+,51+,52-,53-,54-/m1/s1. The summed E-state index contributed by atoms with van der Waals surface area (Å²) in [5.74, 6) is -6.44. The van der Waals surface area contributed by atoms with Crippen LogP contribution in [0.1, 0.15) is 105 Å². The van der Waals surface area contributed by atoms with E-state index in [0.717, 1.165) is 0 Å². The van der Waals surface area contributed by atoms with E-state index in [1.807, 2.05) is 32.8 Å². The first kappa shape index (κ1) is 62.5. The SMILES string of the molecule is CC[C@H]1OC(=O)[C@H](C)[C@@H](O[C@H]2C[C@@](C)(OC)[C@@H](OC(=O)CNCCOc3ccc4c(=O)c(C(=O)O)cn(N(C)C)c4c3)[C@H](C)O2)[C@H](C)[C@@H](O[C@@H]2O[C@H](C)C[C@H](N(C)C)[C@H]2O)[C@](C)(OC)C[C@@H](C)C(=O)[C@H](C)[C@@H](O)[C@]1(C)O. The van der Waals surface area contributed by atoms with Crippen molar-refractivity contribution in [2.45, 2.75) is 179 Å². The lowest BCUT2D eigenvalue weighted by molar-refractivity contribution is -0.320. The number of ether oxygens (including phenoxy) is 9. The van der Waals surface area contributed by atoms with Crippen LogP contribution in [0.15, 0.2) is 29.2 Å². The molecule has 3 aliphatic heterocycles.